The van der Waals surface area contributed by atoms with Crippen molar-refractivity contribution >= 4 is 21.8 Å². The van der Waals surface area contributed by atoms with Crippen molar-refractivity contribution < 1.29 is 17.6 Å². The molecule has 1 N–H and O–H groups in total. The van der Waals surface area contributed by atoms with E-state index >= 15 is 0 Å². The number of para-hydroxylation sites is 1. The summed E-state index contributed by atoms with van der Waals surface area (Å²) in [6.07, 6.45) is 1.18. The van der Waals surface area contributed by atoms with E-state index in [9.17, 15) is 17.6 Å². The first-order valence-electron chi connectivity index (χ1n) is 7.05. The van der Waals surface area contributed by atoms with Crippen LogP contribution in [-0.2, 0) is 15.0 Å². The summed E-state index contributed by atoms with van der Waals surface area (Å²) < 4.78 is 40.2. The van der Waals surface area contributed by atoms with E-state index < -0.39 is 21.9 Å². The van der Waals surface area contributed by atoms with Crippen LogP contribution in [0.5, 0.6) is 0 Å². The second kappa shape index (κ2) is 6.72. The lowest BCUT2D eigenvalue weighted by Crippen LogP contribution is -2.47. The van der Waals surface area contributed by atoms with Gasteiger partial charge in [-0.2, -0.15) is 17.0 Å². The van der Waals surface area contributed by atoms with E-state index in [0.717, 1.165) is 4.31 Å². The number of nitrogens with one attached hydrogen (secondary N) is 1. The summed E-state index contributed by atoms with van der Waals surface area (Å²) in [5, 5.41) is 2.53. The topological polar surface area (TPSA) is 69.7 Å². The molecule has 8 heteroatoms. The van der Waals surface area contributed by atoms with E-state index in [1.165, 1.54) is 36.6 Å². The molecule has 0 bridgehead atoms. The molecule has 6 nitrogen and oxygen atoms in total. The standard InChI is InChI=1S/C14H20FN3O3S/c1-17(2)22(20,21)18-9-5-6-11(10-18)14(19)16-13-8-4-3-7-12(13)15/h3-4,7-8,11H,5-6,9-10H2,1-2H3,(H,16,19)/t11-/m0/s1. The van der Waals surface area contributed by atoms with Crippen LogP contribution in [0.15, 0.2) is 24.3 Å². The van der Waals surface area contributed by atoms with Gasteiger partial charge in [0.15, 0.2) is 0 Å². The maximum absolute atomic E-state index is 13.6. The fourth-order valence-electron chi connectivity index (χ4n) is 2.39. The maximum Gasteiger partial charge on any atom is 0.281 e. The van der Waals surface area contributed by atoms with Crippen LogP contribution in [-0.4, -0.2) is 50.1 Å². The van der Waals surface area contributed by atoms with Gasteiger partial charge in [0, 0.05) is 27.2 Å². The Morgan fingerprint density at radius 1 is 1.36 bits per heavy atom. The summed E-state index contributed by atoms with van der Waals surface area (Å²) in [5.41, 5.74) is 0.111. The van der Waals surface area contributed by atoms with Gasteiger partial charge in [0.2, 0.25) is 5.91 Å². The van der Waals surface area contributed by atoms with Gasteiger partial charge in [0.25, 0.3) is 10.2 Å². The number of benzene rings is 1. The molecule has 1 amide bonds. The molecule has 0 radical (unpaired) electrons. The highest BCUT2D eigenvalue weighted by atomic mass is 32.2. The number of nitrogens with zero attached hydrogens (tertiary/aromatic N) is 2. The van der Waals surface area contributed by atoms with E-state index in [0.29, 0.717) is 19.4 Å². The van der Waals surface area contributed by atoms with Crippen LogP contribution < -0.4 is 5.32 Å². The van der Waals surface area contributed by atoms with E-state index in [-0.39, 0.29) is 18.1 Å². The number of piperidine rings is 1. The normalized spacial score (nSPS) is 20.1. The smallest absolute Gasteiger partial charge is 0.281 e. The Balaban J connectivity index is 2.06. The fourth-order valence-corrected chi connectivity index (χ4v) is 3.58. The monoisotopic (exact) mass is 329 g/mol. The molecule has 1 aliphatic heterocycles. The van der Waals surface area contributed by atoms with E-state index in [1.54, 1.807) is 6.07 Å². The van der Waals surface area contributed by atoms with Crippen LogP contribution in [0.25, 0.3) is 0 Å². The molecule has 1 atom stereocenters. The third-order valence-electron chi connectivity index (χ3n) is 3.67. The second-order valence-corrected chi connectivity index (χ2v) is 7.60. The lowest BCUT2D eigenvalue weighted by Gasteiger charge is -2.32. The van der Waals surface area contributed by atoms with Crippen molar-refractivity contribution in [2.24, 2.45) is 5.92 Å². The predicted octanol–water partition coefficient (Wildman–Crippen LogP) is 1.28. The Bertz CT molecular complexity index is 648. The minimum atomic E-state index is -3.53. The highest BCUT2D eigenvalue weighted by Gasteiger charge is 2.33. The SMILES string of the molecule is CN(C)S(=O)(=O)N1CCC[C@H](C(=O)Nc2ccccc2F)C1. The van der Waals surface area contributed by atoms with E-state index in [1.807, 2.05) is 0 Å². The Hall–Kier alpha value is -1.51. The molecule has 1 heterocycles. The van der Waals surface area contributed by atoms with Gasteiger partial charge in [-0.15, -0.1) is 0 Å². The van der Waals surface area contributed by atoms with Crippen LogP contribution >= 0.6 is 0 Å². The number of halogens is 1. The summed E-state index contributed by atoms with van der Waals surface area (Å²) in [4.78, 5) is 12.2. The number of carbonyl (C=O) groups is 1. The molecule has 1 saturated heterocycles. The van der Waals surface area contributed by atoms with Gasteiger partial charge in [-0.25, -0.2) is 4.39 Å². The van der Waals surface area contributed by atoms with Crippen LogP contribution in [0, 0.1) is 11.7 Å². The molecule has 2 rings (SSSR count). The Labute approximate surface area is 130 Å². The number of anilines is 1. The van der Waals surface area contributed by atoms with Gasteiger partial charge in [-0.1, -0.05) is 12.1 Å². The molecule has 0 unspecified atom stereocenters. The second-order valence-electron chi connectivity index (χ2n) is 5.46. The van der Waals surface area contributed by atoms with Gasteiger partial charge in [-0.05, 0) is 25.0 Å². The maximum atomic E-state index is 13.6. The predicted molar refractivity (Wildman–Crippen MR) is 81.9 cm³/mol. The summed E-state index contributed by atoms with van der Waals surface area (Å²) in [6, 6.07) is 5.91. The van der Waals surface area contributed by atoms with Gasteiger partial charge < -0.3 is 5.32 Å². The molecular formula is C14H20FN3O3S. The third-order valence-corrected chi connectivity index (χ3v) is 5.58. The molecule has 1 aromatic rings. The van der Waals surface area contributed by atoms with Crippen molar-refractivity contribution in [3.05, 3.63) is 30.1 Å². The summed E-state index contributed by atoms with van der Waals surface area (Å²) in [6.45, 7) is 0.505. The zero-order valence-electron chi connectivity index (χ0n) is 12.6. The molecule has 0 aliphatic carbocycles. The zero-order chi connectivity index (χ0) is 16.3. The quantitative estimate of drug-likeness (QED) is 0.905. The van der Waals surface area contributed by atoms with Crippen molar-refractivity contribution in [3.63, 3.8) is 0 Å². The van der Waals surface area contributed by atoms with Crippen molar-refractivity contribution in [1.29, 1.82) is 0 Å². The molecule has 1 aliphatic rings. The average molecular weight is 329 g/mol. The zero-order valence-corrected chi connectivity index (χ0v) is 13.4. The Morgan fingerprint density at radius 2 is 2.05 bits per heavy atom. The first-order valence-corrected chi connectivity index (χ1v) is 8.45. The number of hydrogen-bond donors (Lipinski definition) is 1. The molecule has 1 fully saturated rings. The third kappa shape index (κ3) is 3.63. The largest absolute Gasteiger partial charge is 0.323 e. The van der Waals surface area contributed by atoms with E-state index in [2.05, 4.69) is 5.32 Å². The van der Waals surface area contributed by atoms with Crippen LogP contribution in [0.1, 0.15) is 12.8 Å². The fraction of sp³-hybridized carbons (Fsp3) is 0.500. The minimum absolute atomic E-state index is 0.111. The number of amides is 1. The van der Waals surface area contributed by atoms with Gasteiger partial charge >= 0.3 is 0 Å². The lowest BCUT2D eigenvalue weighted by molar-refractivity contribution is -0.120. The van der Waals surface area contributed by atoms with E-state index in [4.69, 9.17) is 0 Å². The molecular weight excluding hydrogens is 309 g/mol. The Morgan fingerprint density at radius 3 is 2.68 bits per heavy atom. The first kappa shape index (κ1) is 16.9. The van der Waals surface area contributed by atoms with Crippen LogP contribution in [0.4, 0.5) is 10.1 Å². The number of hydrogen-bond acceptors (Lipinski definition) is 3. The van der Waals surface area contributed by atoms with Crippen molar-refractivity contribution in [1.82, 2.24) is 8.61 Å². The average Bonchev–Trinajstić information content (AvgIpc) is 2.49. The molecule has 0 aromatic heterocycles. The number of rotatable bonds is 4. The molecule has 1 aromatic carbocycles. The molecule has 0 spiro atoms. The lowest BCUT2D eigenvalue weighted by atomic mass is 9.98. The van der Waals surface area contributed by atoms with Crippen LogP contribution in [0.3, 0.4) is 0 Å². The molecule has 22 heavy (non-hydrogen) atoms. The minimum Gasteiger partial charge on any atom is -0.323 e. The van der Waals surface area contributed by atoms with Gasteiger partial charge in [-0.3, -0.25) is 4.79 Å². The summed E-state index contributed by atoms with van der Waals surface area (Å²) >= 11 is 0. The highest BCUT2D eigenvalue weighted by molar-refractivity contribution is 7.86. The molecule has 0 saturated carbocycles. The number of carbonyl (C=O) groups excluding carboxylic acids is 1. The highest BCUT2D eigenvalue weighted by Crippen LogP contribution is 2.22. The van der Waals surface area contributed by atoms with Crippen molar-refractivity contribution in [3.8, 4) is 0 Å². The Kier molecular flexibility index (Phi) is 5.15. The van der Waals surface area contributed by atoms with Crippen molar-refractivity contribution in [2.75, 3.05) is 32.5 Å². The summed E-state index contributed by atoms with van der Waals surface area (Å²) in [5.74, 6) is -1.35. The first-order chi connectivity index (χ1) is 10.3. The van der Waals surface area contributed by atoms with Gasteiger partial charge in [0.05, 0.1) is 11.6 Å². The van der Waals surface area contributed by atoms with Crippen molar-refractivity contribution in [2.45, 2.75) is 12.8 Å². The van der Waals surface area contributed by atoms with Crippen LogP contribution in [0.2, 0.25) is 0 Å². The van der Waals surface area contributed by atoms with Gasteiger partial charge in [0.1, 0.15) is 5.82 Å². The molecule has 122 valence electrons. The summed E-state index contributed by atoms with van der Waals surface area (Å²) in [7, 11) is -0.621.